The van der Waals surface area contributed by atoms with Crippen molar-refractivity contribution in [2.24, 2.45) is 5.41 Å². The Balaban J connectivity index is 0.000000163. The molecule has 12 heterocycles. The van der Waals surface area contributed by atoms with Crippen molar-refractivity contribution in [1.29, 1.82) is 0 Å². The lowest BCUT2D eigenvalue weighted by molar-refractivity contribution is -0.129. The van der Waals surface area contributed by atoms with Crippen molar-refractivity contribution in [3.63, 3.8) is 0 Å². The summed E-state index contributed by atoms with van der Waals surface area (Å²) in [6, 6.07) is 22.5. The predicted octanol–water partition coefficient (Wildman–Crippen LogP) is 15.0. The van der Waals surface area contributed by atoms with E-state index in [4.69, 9.17) is 55.5 Å². The maximum absolute atomic E-state index is 15.0. The van der Waals surface area contributed by atoms with Gasteiger partial charge in [-0.1, -0.05) is 127 Å². The third-order valence-electron chi connectivity index (χ3n) is 21.6. The number of nitrogens with zero attached hydrogens (tertiary/aromatic N) is 18. The molecule has 11 aromatic rings. The van der Waals surface area contributed by atoms with E-state index in [9.17, 15) is 33.2 Å². The third kappa shape index (κ3) is 17.0. The van der Waals surface area contributed by atoms with Gasteiger partial charge in [0.1, 0.15) is 40.6 Å². The number of halogens is 5. The van der Waals surface area contributed by atoms with Crippen LogP contribution in [0, 0.1) is 37.8 Å². The second-order valence-electron chi connectivity index (χ2n) is 32.0. The highest BCUT2D eigenvalue weighted by Crippen LogP contribution is 2.42. The zero-order chi connectivity index (χ0) is 85.5. The summed E-state index contributed by atoms with van der Waals surface area (Å²) < 4.78 is 34.2. The number of piperazine rings is 3. The van der Waals surface area contributed by atoms with Crippen LogP contribution in [0.5, 0.6) is 0 Å². The molecule has 30 heteroatoms. The maximum atomic E-state index is 15.0. The van der Waals surface area contributed by atoms with Gasteiger partial charge in [-0.2, -0.15) is 15.0 Å². The summed E-state index contributed by atoms with van der Waals surface area (Å²) in [6.45, 7) is 44.2. The van der Waals surface area contributed by atoms with Gasteiger partial charge < -0.3 is 35.1 Å². The number of anilines is 4. The monoisotopic (exact) mass is 1660 g/mol. The number of carbonyl (C=O) groups excluding carboxylic acids is 3. The molecule has 0 radical (unpaired) electrons. The van der Waals surface area contributed by atoms with E-state index in [0.29, 0.717) is 131 Å². The minimum absolute atomic E-state index is 0.0311. The molecule has 3 aliphatic heterocycles. The highest BCUT2D eigenvalue weighted by Gasteiger charge is 2.38. The molecule has 9 aromatic heterocycles. The second kappa shape index (κ2) is 34.9. The van der Waals surface area contributed by atoms with Crippen molar-refractivity contribution in [2.75, 3.05) is 66.2 Å². The quantitative estimate of drug-likeness (QED) is 0.0990. The van der Waals surface area contributed by atoms with Gasteiger partial charge in [0.05, 0.1) is 65.4 Å². The van der Waals surface area contributed by atoms with Crippen molar-refractivity contribution in [1.82, 2.24) is 73.3 Å². The molecule has 5 atom stereocenters. The van der Waals surface area contributed by atoms with Crippen LogP contribution in [0.4, 0.5) is 32.1 Å². The first-order valence-corrected chi connectivity index (χ1v) is 40.2. The number of carbonyl (C=O) groups is 3. The number of amides is 3. The maximum Gasteiger partial charge on any atom is 0.355 e. The third-order valence-corrected chi connectivity index (χ3v) is 22.5. The Labute approximate surface area is 698 Å². The minimum Gasteiger partial charge on any atom is -0.383 e. The minimum atomic E-state index is -0.521. The fourth-order valence-corrected chi connectivity index (χ4v) is 16.3. The first-order valence-electron chi connectivity index (χ1n) is 39.1. The van der Waals surface area contributed by atoms with Crippen molar-refractivity contribution in [2.45, 2.75) is 152 Å². The van der Waals surface area contributed by atoms with Crippen LogP contribution in [0.1, 0.15) is 123 Å². The van der Waals surface area contributed by atoms with Gasteiger partial charge in [-0.3, -0.25) is 28.9 Å². The summed E-state index contributed by atoms with van der Waals surface area (Å²) in [7, 11) is 0. The molecule has 3 saturated heterocycles. The number of fused-ring (bicyclic) bond motifs is 3. The number of aryl methyl sites for hydroxylation is 2. The van der Waals surface area contributed by atoms with Gasteiger partial charge in [-0.05, 0) is 168 Å². The number of benzene rings is 2. The van der Waals surface area contributed by atoms with Crippen LogP contribution >= 0.6 is 34.8 Å². The molecule has 118 heavy (non-hydrogen) atoms. The molecule has 2 aromatic carbocycles. The Hall–Kier alpha value is -11.7. The second-order valence-corrected chi connectivity index (χ2v) is 33.2. The molecular weight excluding hydrogens is 1560 g/mol. The van der Waals surface area contributed by atoms with Crippen LogP contribution < -0.4 is 37.5 Å². The molecule has 3 fully saturated rings. The molecule has 2 N–H and O–H groups in total. The fourth-order valence-electron chi connectivity index (χ4n) is 15.5. The van der Waals surface area contributed by atoms with Gasteiger partial charge >= 0.3 is 17.1 Å². The van der Waals surface area contributed by atoms with E-state index in [1.54, 1.807) is 100 Å². The summed E-state index contributed by atoms with van der Waals surface area (Å²) in [5.41, 5.74) is 12.9. The van der Waals surface area contributed by atoms with Gasteiger partial charge in [0.15, 0.2) is 11.3 Å². The standard InChI is InChI=1S/C32H34ClFN6O2.C30H33ClN8O2.C26H29ClFN5O2/c1-8-27(41)38-15-19(5)39(16-18(38)4)30-23-13-25(33)28(22-11-9-10-12-26(22)34)36-31(23)40(32(42)37-30)29-20(6)21(7)35-14-24(29)17(2)3;1-7-23(40)37-14-19(6)38(15-18(37)5)28-21-13-22(31)25(20-9-8-11-34-27(20)32)35-29(21)39(30(41)36-28)26-17(4)10-12-33-24(26)16(2)3;1-6-21(34)31-11-12-32(16(2)14-31)24-18-13-19(27)22(17-9-7-8-10-20(17)28)29-23(18)33(25(35)30-24)15-26(3,4)5/h8-14,17-19H,1,15-16H2,2-7H3;7-13,16,18-19H,1,14-15H2,2-6H3,(H2,32,34);6-10,13,16H,1,11-12,14-15H2,2-5H3. The number of nitrogens with two attached hydrogens (primary N) is 1. The predicted molar refractivity (Wildman–Crippen MR) is 465 cm³/mol. The molecular formula is C88H96Cl3F2N19O6. The molecule has 614 valence electrons. The Morgan fingerprint density at radius 3 is 1.44 bits per heavy atom. The average Bonchev–Trinajstić information content (AvgIpc) is 0.744. The molecule has 3 amide bonds. The number of hydrogen-bond donors (Lipinski definition) is 1. The Morgan fingerprint density at radius 1 is 0.525 bits per heavy atom. The lowest BCUT2D eigenvalue weighted by atomic mass is 9.97. The van der Waals surface area contributed by atoms with Gasteiger partial charge in [-0.25, -0.2) is 52.2 Å². The van der Waals surface area contributed by atoms with Crippen molar-refractivity contribution >= 4 is 109 Å². The van der Waals surface area contributed by atoms with E-state index in [0.717, 1.165) is 28.1 Å². The zero-order valence-electron chi connectivity index (χ0n) is 68.8. The Kier molecular flexibility index (Phi) is 25.3. The molecule has 5 unspecified atom stereocenters. The SMILES string of the molecule is C=CC(=O)N1CC(C)N(c2nc(=O)n(-c3c(C(C)C)cnc(C)c3C)c3nc(-c4ccccc4F)c(Cl)cc23)CC1C.C=CC(=O)N1CC(C)N(c2nc(=O)n(-c3c(C)ccnc3C(C)C)c3nc(-c4cccnc4N)c(Cl)cc23)CC1C.C=CC(=O)N1CCN(c2nc(=O)n(CC(C)(C)C)c3nc(-c4ccccc4F)c(Cl)cc23)C(C)C1. The summed E-state index contributed by atoms with van der Waals surface area (Å²) >= 11 is 20.3. The van der Waals surface area contributed by atoms with E-state index in [-0.39, 0.29) is 104 Å². The van der Waals surface area contributed by atoms with Crippen LogP contribution in [0.15, 0.2) is 156 Å². The van der Waals surface area contributed by atoms with Crippen LogP contribution in [0.25, 0.3) is 78.2 Å². The van der Waals surface area contributed by atoms with Gasteiger partial charge in [0.2, 0.25) is 17.7 Å². The van der Waals surface area contributed by atoms with E-state index in [2.05, 4.69) is 49.6 Å². The first kappa shape index (κ1) is 85.7. The molecule has 0 saturated carbocycles. The lowest BCUT2D eigenvalue weighted by Gasteiger charge is -2.44. The largest absolute Gasteiger partial charge is 0.383 e. The number of rotatable bonds is 14. The van der Waals surface area contributed by atoms with Crippen LogP contribution in [0.2, 0.25) is 15.1 Å². The van der Waals surface area contributed by atoms with Gasteiger partial charge in [0.25, 0.3) is 0 Å². The number of hydrogen-bond acceptors (Lipinski definition) is 19. The van der Waals surface area contributed by atoms with E-state index in [1.165, 1.54) is 44.1 Å². The first-order chi connectivity index (χ1) is 56.0. The van der Waals surface area contributed by atoms with Crippen molar-refractivity contribution in [3.8, 4) is 45.1 Å². The molecule has 3 aliphatic rings. The zero-order valence-corrected chi connectivity index (χ0v) is 71.1. The van der Waals surface area contributed by atoms with E-state index in [1.807, 2.05) is 125 Å². The highest BCUT2D eigenvalue weighted by atomic mass is 35.5. The Morgan fingerprint density at radius 2 is 0.975 bits per heavy atom. The molecule has 25 nitrogen and oxygen atoms in total. The summed E-state index contributed by atoms with van der Waals surface area (Å²) in [5, 5.41) is 2.59. The topological polar surface area (TPSA) is 279 Å². The van der Waals surface area contributed by atoms with Gasteiger partial charge in [-0.15, -0.1) is 0 Å². The van der Waals surface area contributed by atoms with E-state index < -0.39 is 28.7 Å². The van der Waals surface area contributed by atoms with E-state index >= 15 is 4.39 Å². The normalized spacial score (nSPS) is 17.1. The molecule has 0 bridgehead atoms. The average molecular weight is 1660 g/mol. The van der Waals surface area contributed by atoms with Crippen molar-refractivity contribution in [3.05, 3.63) is 228 Å². The van der Waals surface area contributed by atoms with Gasteiger partial charge in [0, 0.05) is 124 Å². The Bertz CT molecular complexity index is 6030. The molecule has 0 aliphatic carbocycles. The summed E-state index contributed by atoms with van der Waals surface area (Å²) in [6.07, 6.45) is 9.05. The van der Waals surface area contributed by atoms with Crippen molar-refractivity contribution < 1.29 is 23.2 Å². The highest BCUT2D eigenvalue weighted by molar-refractivity contribution is 6.35. The smallest absolute Gasteiger partial charge is 0.355 e. The van der Waals surface area contributed by atoms with Crippen LogP contribution in [-0.4, -0.2) is 167 Å². The molecule has 0 spiro atoms. The summed E-state index contributed by atoms with van der Waals surface area (Å²) in [4.78, 5) is 132. The van der Waals surface area contributed by atoms with Crippen LogP contribution in [-0.2, 0) is 20.9 Å². The fraction of sp³-hybridized carbons (Fsp3) is 0.352. The number of nitrogen functional groups attached to an aromatic ring is 1. The molecule has 14 rings (SSSR count). The van der Waals surface area contributed by atoms with Crippen LogP contribution in [0.3, 0.4) is 0 Å². The number of pyridine rings is 6. The lowest BCUT2D eigenvalue weighted by Crippen LogP contribution is -2.58. The number of aromatic nitrogens is 12. The summed E-state index contributed by atoms with van der Waals surface area (Å²) in [5.74, 6) is 0.356.